The number of nitrogens with one attached hydrogen (secondary N) is 1. The third-order valence-corrected chi connectivity index (χ3v) is 3.45. The lowest BCUT2D eigenvalue weighted by molar-refractivity contribution is -0.0380. The van der Waals surface area contributed by atoms with Crippen LogP contribution in [-0.2, 0) is 4.74 Å². The molecule has 102 valence electrons. The summed E-state index contributed by atoms with van der Waals surface area (Å²) in [6.45, 7) is 12.6. The first-order valence-electron chi connectivity index (χ1n) is 6.72. The molecule has 17 heavy (non-hydrogen) atoms. The number of ether oxygens (including phenoxy) is 1. The topological polar surface area (TPSA) is 24.5 Å². The zero-order chi connectivity index (χ0) is 12.8. The average molecular weight is 263 g/mol. The first-order valence-corrected chi connectivity index (χ1v) is 7.15. The molecule has 0 bridgehead atoms. The number of rotatable bonds is 6. The molecule has 3 unspecified atom stereocenters. The van der Waals surface area contributed by atoms with Crippen molar-refractivity contribution in [2.45, 2.75) is 57.7 Å². The average Bonchev–Trinajstić information content (AvgIpc) is 2.26. The van der Waals surface area contributed by atoms with Crippen molar-refractivity contribution in [2.24, 2.45) is 0 Å². The number of hydrogen-bond donors (Lipinski definition) is 1. The largest absolute Gasteiger partial charge is 0.374 e. The molecule has 0 spiro atoms. The molecule has 3 atom stereocenters. The van der Waals surface area contributed by atoms with E-state index in [9.17, 15) is 0 Å². The van der Waals surface area contributed by atoms with Crippen LogP contribution < -0.4 is 5.32 Å². The van der Waals surface area contributed by atoms with Crippen molar-refractivity contribution in [2.75, 3.05) is 26.2 Å². The molecular formula is C13H27ClN2O. The fourth-order valence-electron chi connectivity index (χ4n) is 2.24. The number of nitrogens with zero attached hydrogens (tertiary/aromatic N) is 1. The first-order chi connectivity index (χ1) is 7.99. The van der Waals surface area contributed by atoms with Gasteiger partial charge >= 0.3 is 0 Å². The van der Waals surface area contributed by atoms with Crippen LogP contribution in [0.4, 0.5) is 0 Å². The Morgan fingerprint density at radius 3 is 2.65 bits per heavy atom. The molecular weight excluding hydrogens is 236 g/mol. The van der Waals surface area contributed by atoms with Crippen molar-refractivity contribution in [3.63, 3.8) is 0 Å². The van der Waals surface area contributed by atoms with Gasteiger partial charge in [0.25, 0.3) is 0 Å². The maximum Gasteiger partial charge on any atom is 0.0826 e. The quantitative estimate of drug-likeness (QED) is 0.742. The van der Waals surface area contributed by atoms with E-state index in [0.717, 1.165) is 32.7 Å². The van der Waals surface area contributed by atoms with Gasteiger partial charge in [0.1, 0.15) is 0 Å². The molecule has 1 rings (SSSR count). The summed E-state index contributed by atoms with van der Waals surface area (Å²) in [4.78, 5) is 2.48. The monoisotopic (exact) mass is 262 g/mol. The van der Waals surface area contributed by atoms with Gasteiger partial charge in [0.2, 0.25) is 0 Å². The van der Waals surface area contributed by atoms with Crippen molar-refractivity contribution >= 4 is 11.6 Å². The van der Waals surface area contributed by atoms with E-state index in [1.807, 2.05) is 6.92 Å². The van der Waals surface area contributed by atoms with Crippen LogP contribution in [0, 0.1) is 0 Å². The molecule has 1 saturated heterocycles. The van der Waals surface area contributed by atoms with Crippen molar-refractivity contribution in [3.8, 4) is 0 Å². The molecule has 1 fully saturated rings. The van der Waals surface area contributed by atoms with E-state index >= 15 is 0 Å². The Balaban J connectivity index is 2.22. The Kier molecular flexibility index (Phi) is 6.78. The highest BCUT2D eigenvalue weighted by molar-refractivity contribution is 6.20. The lowest BCUT2D eigenvalue weighted by Gasteiger charge is -2.36. The lowest BCUT2D eigenvalue weighted by atomic mass is 10.1. The van der Waals surface area contributed by atoms with E-state index in [2.05, 4.69) is 31.0 Å². The van der Waals surface area contributed by atoms with Crippen LogP contribution in [0.15, 0.2) is 0 Å². The minimum absolute atomic E-state index is 0.233. The van der Waals surface area contributed by atoms with Crippen LogP contribution in [0.5, 0.6) is 0 Å². The van der Waals surface area contributed by atoms with E-state index in [4.69, 9.17) is 16.3 Å². The van der Waals surface area contributed by atoms with E-state index in [-0.39, 0.29) is 5.38 Å². The Morgan fingerprint density at radius 2 is 2.06 bits per heavy atom. The molecule has 0 aromatic carbocycles. The number of alkyl halides is 1. The van der Waals surface area contributed by atoms with Crippen LogP contribution in [0.2, 0.25) is 0 Å². The highest BCUT2D eigenvalue weighted by atomic mass is 35.5. The van der Waals surface area contributed by atoms with Crippen molar-refractivity contribution in [1.82, 2.24) is 10.2 Å². The first kappa shape index (κ1) is 15.2. The predicted molar refractivity (Wildman–Crippen MR) is 73.8 cm³/mol. The summed E-state index contributed by atoms with van der Waals surface area (Å²) >= 11 is 5.98. The summed E-state index contributed by atoms with van der Waals surface area (Å²) in [5.41, 5.74) is 0. The van der Waals surface area contributed by atoms with Gasteiger partial charge in [0, 0.05) is 37.1 Å². The fourth-order valence-corrected chi connectivity index (χ4v) is 2.51. The molecule has 0 aromatic rings. The maximum atomic E-state index is 5.98. The molecule has 1 N–H and O–H groups in total. The number of hydrogen-bond acceptors (Lipinski definition) is 3. The van der Waals surface area contributed by atoms with Crippen molar-refractivity contribution in [1.29, 1.82) is 0 Å². The summed E-state index contributed by atoms with van der Waals surface area (Å²) in [6.07, 6.45) is 1.32. The van der Waals surface area contributed by atoms with Gasteiger partial charge < -0.3 is 10.1 Å². The molecule has 0 radical (unpaired) electrons. The second-order valence-corrected chi connectivity index (χ2v) is 6.15. The minimum atomic E-state index is 0.233. The van der Waals surface area contributed by atoms with Gasteiger partial charge in [0.15, 0.2) is 0 Å². The van der Waals surface area contributed by atoms with E-state index < -0.39 is 0 Å². The molecule has 4 heteroatoms. The van der Waals surface area contributed by atoms with Crippen LogP contribution in [0.25, 0.3) is 0 Å². The van der Waals surface area contributed by atoms with E-state index in [0.29, 0.717) is 18.2 Å². The summed E-state index contributed by atoms with van der Waals surface area (Å²) < 4.78 is 5.78. The Morgan fingerprint density at radius 1 is 1.35 bits per heavy atom. The fraction of sp³-hybridized carbons (Fsp3) is 1.00. The molecule has 0 aliphatic carbocycles. The second kappa shape index (κ2) is 7.57. The molecule has 3 nitrogen and oxygen atoms in total. The van der Waals surface area contributed by atoms with Crippen LogP contribution in [0.1, 0.15) is 34.1 Å². The smallest absolute Gasteiger partial charge is 0.0826 e. The summed E-state index contributed by atoms with van der Waals surface area (Å²) in [7, 11) is 0. The predicted octanol–water partition coefficient (Wildman–Crippen LogP) is 2.09. The van der Waals surface area contributed by atoms with Crippen LogP contribution >= 0.6 is 11.6 Å². The molecule has 1 heterocycles. The highest BCUT2D eigenvalue weighted by Gasteiger charge is 2.22. The molecule has 1 aliphatic heterocycles. The summed E-state index contributed by atoms with van der Waals surface area (Å²) in [5, 5.41) is 3.74. The van der Waals surface area contributed by atoms with E-state index in [1.165, 1.54) is 0 Å². The van der Waals surface area contributed by atoms with Gasteiger partial charge in [-0.15, -0.1) is 11.6 Å². The Hall–Kier alpha value is 0.170. The Labute approximate surface area is 111 Å². The normalized spacial score (nSPS) is 26.1. The van der Waals surface area contributed by atoms with Gasteiger partial charge in [-0.2, -0.15) is 0 Å². The van der Waals surface area contributed by atoms with E-state index in [1.54, 1.807) is 0 Å². The van der Waals surface area contributed by atoms with Crippen LogP contribution in [0.3, 0.4) is 0 Å². The third-order valence-electron chi connectivity index (χ3n) is 3.27. The van der Waals surface area contributed by atoms with Crippen molar-refractivity contribution < 1.29 is 4.74 Å². The van der Waals surface area contributed by atoms with Gasteiger partial charge in [-0.05, 0) is 34.1 Å². The van der Waals surface area contributed by atoms with Gasteiger partial charge in [0.05, 0.1) is 12.7 Å². The zero-order valence-corrected chi connectivity index (χ0v) is 12.3. The second-order valence-electron chi connectivity index (χ2n) is 5.41. The van der Waals surface area contributed by atoms with Gasteiger partial charge in [-0.1, -0.05) is 0 Å². The van der Waals surface area contributed by atoms with Gasteiger partial charge in [-0.25, -0.2) is 0 Å². The van der Waals surface area contributed by atoms with Gasteiger partial charge in [-0.3, -0.25) is 4.90 Å². The SMILES string of the molecule is CC(Cl)CC(C)NCC1CN(C(C)C)CCO1. The van der Waals surface area contributed by atoms with Crippen LogP contribution in [-0.4, -0.2) is 54.7 Å². The zero-order valence-electron chi connectivity index (χ0n) is 11.6. The highest BCUT2D eigenvalue weighted by Crippen LogP contribution is 2.09. The standard InChI is InChI=1S/C13H27ClN2O/c1-10(2)16-5-6-17-13(9-16)8-15-12(4)7-11(3)14/h10-13,15H,5-9H2,1-4H3. The minimum Gasteiger partial charge on any atom is -0.374 e. The summed E-state index contributed by atoms with van der Waals surface area (Å²) in [6, 6.07) is 1.07. The third kappa shape index (κ3) is 6.05. The number of morpholine rings is 1. The molecule has 1 aliphatic rings. The number of halogens is 1. The van der Waals surface area contributed by atoms with Crippen molar-refractivity contribution in [3.05, 3.63) is 0 Å². The maximum absolute atomic E-state index is 5.98. The molecule has 0 saturated carbocycles. The lowest BCUT2D eigenvalue weighted by Crippen LogP contribution is -2.50. The molecule has 0 amide bonds. The molecule has 0 aromatic heterocycles. The Bertz CT molecular complexity index is 212. The summed E-state index contributed by atoms with van der Waals surface area (Å²) in [5.74, 6) is 0.